The predicted octanol–water partition coefficient (Wildman–Crippen LogP) is 4.41. The van der Waals surface area contributed by atoms with Gasteiger partial charge in [0.25, 0.3) is 0 Å². The number of nitrogens with zero attached hydrogens (tertiary/aromatic N) is 2. The van der Waals surface area contributed by atoms with Crippen LogP contribution in [0, 0.1) is 11.7 Å². The number of carbonyl (C=O) groups is 2. The molecule has 2 amide bonds. The first-order valence-electron chi connectivity index (χ1n) is 9.58. The van der Waals surface area contributed by atoms with Crippen molar-refractivity contribution in [2.45, 2.75) is 13.0 Å². The summed E-state index contributed by atoms with van der Waals surface area (Å²) in [5.41, 5.74) is 2.43. The van der Waals surface area contributed by atoms with E-state index in [-0.39, 0.29) is 24.1 Å². The van der Waals surface area contributed by atoms with Gasteiger partial charge >= 0.3 is 0 Å². The second-order valence-corrected chi connectivity index (χ2v) is 7.13. The first-order valence-corrected chi connectivity index (χ1v) is 9.58. The molecule has 1 fully saturated rings. The Balaban J connectivity index is 1.57. The van der Waals surface area contributed by atoms with Crippen LogP contribution in [0.5, 0.6) is 0 Å². The van der Waals surface area contributed by atoms with E-state index < -0.39 is 5.92 Å². The zero-order valence-electron chi connectivity index (χ0n) is 15.9. The van der Waals surface area contributed by atoms with Gasteiger partial charge in [-0.25, -0.2) is 4.39 Å². The van der Waals surface area contributed by atoms with Crippen molar-refractivity contribution in [3.05, 3.63) is 96.3 Å². The van der Waals surface area contributed by atoms with E-state index in [1.165, 1.54) is 12.1 Å². The third-order valence-electron chi connectivity index (χ3n) is 5.13. The Labute approximate surface area is 169 Å². The second kappa shape index (κ2) is 8.27. The van der Waals surface area contributed by atoms with Gasteiger partial charge in [-0.2, -0.15) is 0 Å². The van der Waals surface area contributed by atoms with E-state index in [9.17, 15) is 14.0 Å². The van der Waals surface area contributed by atoms with E-state index in [0.29, 0.717) is 18.8 Å². The Morgan fingerprint density at radius 2 is 1.55 bits per heavy atom. The molecule has 0 N–H and O–H groups in total. The number of para-hydroxylation sites is 1. The molecule has 29 heavy (non-hydrogen) atoms. The van der Waals surface area contributed by atoms with Crippen LogP contribution in [0.15, 0.2) is 84.9 Å². The lowest BCUT2D eigenvalue weighted by atomic mass is 10.1. The average Bonchev–Trinajstić information content (AvgIpc) is 3.15. The van der Waals surface area contributed by atoms with Crippen LogP contribution in [0.1, 0.15) is 12.0 Å². The van der Waals surface area contributed by atoms with Crippen LogP contribution >= 0.6 is 0 Å². The highest BCUT2D eigenvalue weighted by Gasteiger charge is 2.37. The Kier molecular flexibility index (Phi) is 5.38. The third-order valence-corrected chi connectivity index (χ3v) is 5.13. The van der Waals surface area contributed by atoms with E-state index >= 15 is 0 Å². The second-order valence-electron chi connectivity index (χ2n) is 7.13. The molecule has 1 saturated heterocycles. The van der Waals surface area contributed by atoms with Crippen LogP contribution in [-0.4, -0.2) is 18.4 Å². The minimum Gasteiger partial charge on any atom is -0.312 e. The van der Waals surface area contributed by atoms with Crippen LogP contribution < -0.4 is 9.80 Å². The van der Waals surface area contributed by atoms with E-state index in [1.54, 1.807) is 21.9 Å². The molecule has 0 aliphatic carbocycles. The molecule has 4 nitrogen and oxygen atoms in total. The molecule has 146 valence electrons. The zero-order valence-corrected chi connectivity index (χ0v) is 15.9. The van der Waals surface area contributed by atoms with Gasteiger partial charge in [-0.15, -0.1) is 0 Å². The fourth-order valence-electron chi connectivity index (χ4n) is 3.63. The molecule has 0 bridgehead atoms. The summed E-state index contributed by atoms with van der Waals surface area (Å²) in [5.74, 6) is -1.01. The van der Waals surface area contributed by atoms with Crippen LogP contribution in [-0.2, 0) is 16.1 Å². The van der Waals surface area contributed by atoms with Gasteiger partial charge in [0.1, 0.15) is 5.82 Å². The number of anilines is 2. The minimum atomic E-state index is -0.448. The summed E-state index contributed by atoms with van der Waals surface area (Å²) in [6.07, 6.45) is 0.147. The number of amides is 2. The quantitative estimate of drug-likeness (QED) is 0.650. The molecule has 0 aromatic heterocycles. The Hall–Kier alpha value is -3.47. The maximum Gasteiger partial charge on any atom is 0.232 e. The van der Waals surface area contributed by atoms with Crippen molar-refractivity contribution in [3.63, 3.8) is 0 Å². The van der Waals surface area contributed by atoms with Crippen molar-refractivity contribution in [2.24, 2.45) is 5.92 Å². The van der Waals surface area contributed by atoms with E-state index in [4.69, 9.17) is 0 Å². The van der Waals surface area contributed by atoms with E-state index in [1.807, 2.05) is 60.7 Å². The molecule has 1 unspecified atom stereocenters. The van der Waals surface area contributed by atoms with Crippen LogP contribution in [0.3, 0.4) is 0 Å². The van der Waals surface area contributed by atoms with Gasteiger partial charge in [-0.1, -0.05) is 48.5 Å². The third kappa shape index (κ3) is 4.19. The predicted molar refractivity (Wildman–Crippen MR) is 111 cm³/mol. The number of benzene rings is 3. The average molecular weight is 388 g/mol. The van der Waals surface area contributed by atoms with E-state index in [2.05, 4.69) is 0 Å². The van der Waals surface area contributed by atoms with Crippen molar-refractivity contribution < 1.29 is 14.0 Å². The van der Waals surface area contributed by atoms with Crippen molar-refractivity contribution in [1.82, 2.24) is 0 Å². The summed E-state index contributed by atoms with van der Waals surface area (Å²) in [5, 5.41) is 0. The van der Waals surface area contributed by atoms with Gasteiger partial charge in [0.05, 0.1) is 12.5 Å². The Bertz CT molecular complexity index is 990. The van der Waals surface area contributed by atoms with Crippen LogP contribution in [0.4, 0.5) is 15.8 Å². The number of carbonyl (C=O) groups excluding carboxylic acids is 2. The van der Waals surface area contributed by atoms with Gasteiger partial charge in [0.2, 0.25) is 11.8 Å². The first kappa shape index (κ1) is 18.9. The lowest BCUT2D eigenvalue weighted by Crippen LogP contribution is -2.37. The SMILES string of the molecule is O=C1CC(C(=O)N(Cc2ccccc2)c2ccccc2)CN1c1ccc(F)cc1. The van der Waals surface area contributed by atoms with Gasteiger partial charge in [0, 0.05) is 24.3 Å². The minimum absolute atomic E-state index is 0.0852. The van der Waals surface area contributed by atoms with Gasteiger partial charge in [-0.3, -0.25) is 9.59 Å². The number of halogens is 1. The Morgan fingerprint density at radius 1 is 0.931 bits per heavy atom. The van der Waals surface area contributed by atoms with Crippen LogP contribution in [0.2, 0.25) is 0 Å². The maximum atomic E-state index is 13.4. The Morgan fingerprint density at radius 3 is 2.21 bits per heavy atom. The fraction of sp³-hybridized carbons (Fsp3) is 0.167. The fourth-order valence-corrected chi connectivity index (χ4v) is 3.63. The smallest absolute Gasteiger partial charge is 0.232 e. The summed E-state index contributed by atoms with van der Waals surface area (Å²) in [7, 11) is 0. The van der Waals surface area contributed by atoms with Gasteiger partial charge in [-0.05, 0) is 42.0 Å². The molecule has 1 aliphatic heterocycles. The molecule has 1 heterocycles. The molecule has 0 saturated carbocycles. The molecule has 1 atom stereocenters. The molecule has 4 rings (SSSR count). The highest BCUT2D eigenvalue weighted by atomic mass is 19.1. The van der Waals surface area contributed by atoms with Crippen LogP contribution in [0.25, 0.3) is 0 Å². The number of hydrogen-bond acceptors (Lipinski definition) is 2. The van der Waals surface area contributed by atoms with E-state index in [0.717, 1.165) is 11.3 Å². The van der Waals surface area contributed by atoms with Crippen molar-refractivity contribution in [2.75, 3.05) is 16.3 Å². The van der Waals surface area contributed by atoms with Crippen molar-refractivity contribution in [1.29, 1.82) is 0 Å². The van der Waals surface area contributed by atoms with Crippen molar-refractivity contribution >= 4 is 23.2 Å². The molecule has 5 heteroatoms. The molecule has 3 aromatic rings. The largest absolute Gasteiger partial charge is 0.312 e. The molecular weight excluding hydrogens is 367 g/mol. The summed E-state index contributed by atoms with van der Waals surface area (Å²) in [6, 6.07) is 25.1. The number of rotatable bonds is 5. The molecular formula is C24H21FN2O2. The monoisotopic (exact) mass is 388 g/mol. The molecule has 0 spiro atoms. The van der Waals surface area contributed by atoms with Crippen molar-refractivity contribution in [3.8, 4) is 0 Å². The molecule has 3 aromatic carbocycles. The summed E-state index contributed by atoms with van der Waals surface area (Å²) in [6.45, 7) is 0.729. The molecule has 0 radical (unpaired) electrons. The normalized spacial score (nSPS) is 16.1. The summed E-state index contributed by atoms with van der Waals surface area (Å²) < 4.78 is 13.2. The summed E-state index contributed by atoms with van der Waals surface area (Å²) in [4.78, 5) is 29.3. The van der Waals surface area contributed by atoms with Gasteiger partial charge < -0.3 is 9.80 Å². The van der Waals surface area contributed by atoms with Gasteiger partial charge in [0.15, 0.2) is 0 Å². The maximum absolute atomic E-state index is 13.4. The standard InChI is InChI=1S/C24H21FN2O2/c25-20-11-13-22(14-12-20)26-17-19(15-23(26)28)24(29)27(21-9-5-2-6-10-21)16-18-7-3-1-4-8-18/h1-14,19H,15-17H2. The molecule has 1 aliphatic rings. The lowest BCUT2D eigenvalue weighted by Gasteiger charge is -2.26. The lowest BCUT2D eigenvalue weighted by molar-refractivity contribution is -0.124. The summed E-state index contributed by atoms with van der Waals surface area (Å²) >= 11 is 0. The first-order chi connectivity index (χ1) is 14.1. The zero-order chi connectivity index (χ0) is 20.2. The highest BCUT2D eigenvalue weighted by molar-refractivity contribution is 6.04. The topological polar surface area (TPSA) is 40.6 Å². The number of hydrogen-bond donors (Lipinski definition) is 0. The highest BCUT2D eigenvalue weighted by Crippen LogP contribution is 2.29.